The SMILES string of the molecule is CCCC(C)CCC.CCCNC(=O)c1ccc(F)cc1. The maximum absolute atomic E-state index is 12.5. The molecular weight excluding hydrogens is 265 g/mol. The lowest BCUT2D eigenvalue weighted by Gasteiger charge is -2.05. The molecule has 0 aromatic heterocycles. The molecule has 0 fully saturated rings. The third kappa shape index (κ3) is 10.1. The first kappa shape index (κ1) is 19.6. The molecule has 120 valence electrons. The van der Waals surface area contributed by atoms with Crippen molar-refractivity contribution in [2.75, 3.05) is 6.54 Å². The molecule has 0 spiro atoms. The van der Waals surface area contributed by atoms with Crippen molar-refractivity contribution < 1.29 is 9.18 Å². The van der Waals surface area contributed by atoms with E-state index >= 15 is 0 Å². The summed E-state index contributed by atoms with van der Waals surface area (Å²) >= 11 is 0. The predicted molar refractivity (Wildman–Crippen MR) is 88.0 cm³/mol. The normalized spacial score (nSPS) is 10.0. The second kappa shape index (κ2) is 12.4. The van der Waals surface area contributed by atoms with Crippen LogP contribution in [0.15, 0.2) is 24.3 Å². The Bertz CT molecular complexity index is 369. The molecule has 1 aromatic carbocycles. The highest BCUT2D eigenvalue weighted by molar-refractivity contribution is 5.94. The molecule has 1 aromatic rings. The van der Waals surface area contributed by atoms with Crippen molar-refractivity contribution in [3.63, 3.8) is 0 Å². The maximum atomic E-state index is 12.5. The lowest BCUT2D eigenvalue weighted by molar-refractivity contribution is 0.0953. The fourth-order valence-corrected chi connectivity index (χ4v) is 2.07. The summed E-state index contributed by atoms with van der Waals surface area (Å²) < 4.78 is 12.5. The van der Waals surface area contributed by atoms with Crippen molar-refractivity contribution in [3.8, 4) is 0 Å². The van der Waals surface area contributed by atoms with E-state index in [1.165, 1.54) is 49.9 Å². The molecule has 0 aliphatic rings. The summed E-state index contributed by atoms with van der Waals surface area (Å²) in [6.45, 7) is 9.48. The largest absolute Gasteiger partial charge is 0.352 e. The number of hydrogen-bond donors (Lipinski definition) is 1. The van der Waals surface area contributed by atoms with Crippen LogP contribution in [0, 0.1) is 11.7 Å². The minimum Gasteiger partial charge on any atom is -0.352 e. The van der Waals surface area contributed by atoms with E-state index in [2.05, 4.69) is 26.1 Å². The number of halogens is 1. The Hall–Kier alpha value is -1.38. The lowest BCUT2D eigenvalue weighted by Crippen LogP contribution is -2.23. The summed E-state index contributed by atoms with van der Waals surface area (Å²) in [5.74, 6) is 0.485. The van der Waals surface area contributed by atoms with Crippen molar-refractivity contribution in [2.24, 2.45) is 5.92 Å². The van der Waals surface area contributed by atoms with Crippen molar-refractivity contribution in [3.05, 3.63) is 35.6 Å². The van der Waals surface area contributed by atoms with Gasteiger partial charge in [0.25, 0.3) is 5.91 Å². The number of rotatable bonds is 7. The molecule has 0 saturated carbocycles. The summed E-state index contributed by atoms with van der Waals surface area (Å²) in [4.78, 5) is 11.3. The van der Waals surface area contributed by atoms with E-state index in [9.17, 15) is 9.18 Å². The van der Waals surface area contributed by atoms with Gasteiger partial charge in [-0.3, -0.25) is 4.79 Å². The number of nitrogens with one attached hydrogen (secondary N) is 1. The fourth-order valence-electron chi connectivity index (χ4n) is 2.07. The van der Waals surface area contributed by atoms with E-state index in [1.54, 1.807) is 0 Å². The molecule has 0 radical (unpaired) electrons. The molecule has 21 heavy (non-hydrogen) atoms. The summed E-state index contributed by atoms with van der Waals surface area (Å²) in [5.41, 5.74) is 0.495. The molecule has 0 heterocycles. The van der Waals surface area contributed by atoms with Crippen LogP contribution in [0.3, 0.4) is 0 Å². The minimum absolute atomic E-state index is 0.151. The topological polar surface area (TPSA) is 29.1 Å². The summed E-state index contributed by atoms with van der Waals surface area (Å²) in [6.07, 6.45) is 6.41. The summed E-state index contributed by atoms with van der Waals surface area (Å²) in [7, 11) is 0. The van der Waals surface area contributed by atoms with Crippen molar-refractivity contribution in [1.29, 1.82) is 0 Å². The molecule has 1 N–H and O–H groups in total. The van der Waals surface area contributed by atoms with Gasteiger partial charge in [-0.25, -0.2) is 4.39 Å². The molecule has 0 bridgehead atoms. The minimum atomic E-state index is -0.327. The van der Waals surface area contributed by atoms with Crippen LogP contribution in [0.25, 0.3) is 0 Å². The molecule has 0 unspecified atom stereocenters. The molecular formula is C18H30FNO. The summed E-state index contributed by atoms with van der Waals surface area (Å²) in [5, 5.41) is 2.71. The van der Waals surface area contributed by atoms with Gasteiger partial charge < -0.3 is 5.32 Å². The Morgan fingerprint density at radius 3 is 2.00 bits per heavy atom. The highest BCUT2D eigenvalue weighted by atomic mass is 19.1. The molecule has 2 nitrogen and oxygen atoms in total. The van der Waals surface area contributed by atoms with Crippen LogP contribution in [0.1, 0.15) is 70.2 Å². The van der Waals surface area contributed by atoms with Gasteiger partial charge in [0.1, 0.15) is 5.82 Å². The van der Waals surface area contributed by atoms with Crippen LogP contribution in [-0.2, 0) is 0 Å². The van der Waals surface area contributed by atoms with Gasteiger partial charge in [0, 0.05) is 12.1 Å². The number of benzene rings is 1. The zero-order valence-corrected chi connectivity index (χ0v) is 13.9. The smallest absolute Gasteiger partial charge is 0.251 e. The third-order valence-corrected chi connectivity index (χ3v) is 3.20. The van der Waals surface area contributed by atoms with Crippen LogP contribution in [0.5, 0.6) is 0 Å². The zero-order chi connectivity index (χ0) is 16.1. The Labute approximate surface area is 129 Å². The second-order valence-electron chi connectivity index (χ2n) is 5.45. The van der Waals surface area contributed by atoms with Crippen molar-refractivity contribution in [2.45, 2.75) is 59.8 Å². The van der Waals surface area contributed by atoms with Gasteiger partial charge in [0.05, 0.1) is 0 Å². The second-order valence-corrected chi connectivity index (χ2v) is 5.45. The van der Waals surface area contributed by atoms with E-state index in [0.717, 1.165) is 12.3 Å². The van der Waals surface area contributed by atoms with E-state index in [-0.39, 0.29) is 11.7 Å². The van der Waals surface area contributed by atoms with Crippen LogP contribution >= 0.6 is 0 Å². The number of hydrogen-bond acceptors (Lipinski definition) is 1. The van der Waals surface area contributed by atoms with E-state index in [4.69, 9.17) is 0 Å². The van der Waals surface area contributed by atoms with Gasteiger partial charge in [-0.05, 0) is 36.6 Å². The van der Waals surface area contributed by atoms with E-state index in [0.29, 0.717) is 12.1 Å². The molecule has 3 heteroatoms. The first-order chi connectivity index (χ1) is 10.0. The predicted octanol–water partition coefficient (Wildman–Crippen LogP) is 5.19. The van der Waals surface area contributed by atoms with E-state index < -0.39 is 0 Å². The number of carbonyl (C=O) groups is 1. The van der Waals surface area contributed by atoms with Crippen molar-refractivity contribution in [1.82, 2.24) is 5.32 Å². The molecule has 1 amide bonds. The third-order valence-electron chi connectivity index (χ3n) is 3.20. The number of amides is 1. The first-order valence-electron chi connectivity index (χ1n) is 8.08. The Morgan fingerprint density at radius 2 is 1.57 bits per heavy atom. The van der Waals surface area contributed by atoms with Gasteiger partial charge in [-0.1, -0.05) is 53.4 Å². The lowest BCUT2D eigenvalue weighted by atomic mass is 10.0. The Kier molecular flexibility index (Phi) is 11.6. The number of carbonyl (C=O) groups excluding carboxylic acids is 1. The van der Waals surface area contributed by atoms with E-state index in [1.807, 2.05) is 6.92 Å². The molecule has 1 rings (SSSR count). The average Bonchev–Trinajstić information content (AvgIpc) is 2.47. The monoisotopic (exact) mass is 295 g/mol. The highest BCUT2D eigenvalue weighted by Gasteiger charge is 2.02. The van der Waals surface area contributed by atoms with Crippen LogP contribution in [0.2, 0.25) is 0 Å². The highest BCUT2D eigenvalue weighted by Crippen LogP contribution is 2.10. The first-order valence-corrected chi connectivity index (χ1v) is 8.08. The van der Waals surface area contributed by atoms with Gasteiger partial charge in [-0.2, -0.15) is 0 Å². The van der Waals surface area contributed by atoms with Gasteiger partial charge in [0.15, 0.2) is 0 Å². The van der Waals surface area contributed by atoms with Crippen molar-refractivity contribution >= 4 is 5.91 Å². The van der Waals surface area contributed by atoms with Gasteiger partial charge >= 0.3 is 0 Å². The molecule has 0 aliphatic heterocycles. The van der Waals surface area contributed by atoms with Crippen LogP contribution < -0.4 is 5.32 Å². The average molecular weight is 295 g/mol. The molecule has 0 saturated heterocycles. The standard InChI is InChI=1S/C10H12FNO.C8H18/c1-2-7-12-10(13)8-3-5-9(11)6-4-8;1-4-6-8(3)7-5-2/h3-6H,2,7H2,1H3,(H,12,13);8H,4-7H2,1-3H3. The maximum Gasteiger partial charge on any atom is 0.251 e. The Balaban J connectivity index is 0.000000433. The summed E-state index contributed by atoms with van der Waals surface area (Å²) in [6, 6.07) is 5.50. The fraction of sp³-hybridized carbons (Fsp3) is 0.611. The van der Waals surface area contributed by atoms with Gasteiger partial charge in [0.2, 0.25) is 0 Å². The molecule has 0 atom stereocenters. The van der Waals surface area contributed by atoms with Gasteiger partial charge in [-0.15, -0.1) is 0 Å². The van der Waals surface area contributed by atoms with Crippen LogP contribution in [-0.4, -0.2) is 12.5 Å². The quantitative estimate of drug-likeness (QED) is 0.737. The Morgan fingerprint density at radius 1 is 1.05 bits per heavy atom. The van der Waals surface area contributed by atoms with Crippen LogP contribution in [0.4, 0.5) is 4.39 Å². The zero-order valence-electron chi connectivity index (χ0n) is 13.9. The molecule has 0 aliphatic carbocycles.